The molecule has 27 heavy (non-hydrogen) atoms. The molecular formula is C17H18N2O8. The van der Waals surface area contributed by atoms with E-state index < -0.39 is 36.5 Å². The molecule has 1 saturated heterocycles. The molecule has 1 aliphatic heterocycles. The molecule has 144 valence electrons. The Morgan fingerprint density at radius 3 is 2.74 bits per heavy atom. The van der Waals surface area contributed by atoms with Crippen LogP contribution in [0.25, 0.3) is 0 Å². The third-order valence-corrected chi connectivity index (χ3v) is 3.36. The highest BCUT2D eigenvalue weighted by Crippen LogP contribution is 2.29. The van der Waals surface area contributed by atoms with E-state index in [0.29, 0.717) is 5.57 Å². The molecule has 2 heterocycles. The quantitative estimate of drug-likeness (QED) is 0.575. The highest BCUT2D eigenvalue weighted by Gasteiger charge is 2.29. The first kappa shape index (κ1) is 19.9. The van der Waals surface area contributed by atoms with Gasteiger partial charge in [-0.25, -0.2) is 9.78 Å². The molecule has 1 amide bonds. The Labute approximate surface area is 154 Å². The third-order valence-electron chi connectivity index (χ3n) is 3.36. The largest absolute Gasteiger partial charge is 0.493 e. The number of pyridine rings is 1. The lowest BCUT2D eigenvalue weighted by atomic mass is 10.2. The number of hydrogen-bond acceptors (Lipinski definition) is 9. The molecule has 10 heteroatoms. The van der Waals surface area contributed by atoms with E-state index in [1.54, 1.807) is 0 Å². The molecule has 10 nitrogen and oxygen atoms in total. The number of esters is 3. The minimum atomic E-state index is -1.27. The maximum atomic E-state index is 12.6. The zero-order chi connectivity index (χ0) is 20.0. The van der Waals surface area contributed by atoms with E-state index in [2.05, 4.69) is 16.9 Å². The molecule has 2 rings (SSSR count). The number of nitrogens with one attached hydrogen (secondary N) is 1. The summed E-state index contributed by atoms with van der Waals surface area (Å²) in [7, 11) is 1.33. The van der Waals surface area contributed by atoms with Crippen LogP contribution in [0.2, 0.25) is 0 Å². The van der Waals surface area contributed by atoms with Crippen molar-refractivity contribution in [3.63, 3.8) is 0 Å². The van der Waals surface area contributed by atoms with E-state index in [1.807, 2.05) is 0 Å². The molecule has 0 bridgehead atoms. The van der Waals surface area contributed by atoms with E-state index >= 15 is 0 Å². The van der Waals surface area contributed by atoms with Crippen molar-refractivity contribution in [3.8, 4) is 11.5 Å². The van der Waals surface area contributed by atoms with Gasteiger partial charge < -0.3 is 24.3 Å². The Kier molecular flexibility index (Phi) is 6.47. The Bertz CT molecular complexity index is 789. The maximum absolute atomic E-state index is 12.6. The van der Waals surface area contributed by atoms with Crippen LogP contribution >= 0.6 is 0 Å². The molecule has 0 aliphatic carbocycles. The van der Waals surface area contributed by atoms with Crippen LogP contribution in [0.1, 0.15) is 23.8 Å². The molecule has 0 saturated carbocycles. The van der Waals surface area contributed by atoms with Crippen LogP contribution in [0, 0.1) is 0 Å². The summed E-state index contributed by atoms with van der Waals surface area (Å²) in [5, 5.41) is 2.35. The summed E-state index contributed by atoms with van der Waals surface area (Å²) in [5.41, 5.74) is 0.0832. The number of aromatic nitrogens is 1. The summed E-state index contributed by atoms with van der Waals surface area (Å²) in [6.45, 7) is 4.15. The van der Waals surface area contributed by atoms with E-state index in [-0.39, 0.29) is 30.2 Å². The summed E-state index contributed by atoms with van der Waals surface area (Å²) in [6.07, 6.45) is 1.17. The van der Waals surface area contributed by atoms with Gasteiger partial charge in [-0.15, -0.1) is 0 Å². The fourth-order valence-electron chi connectivity index (χ4n) is 2.15. The van der Waals surface area contributed by atoms with Crippen LogP contribution in [-0.2, 0) is 23.9 Å². The fraction of sp³-hybridized carbons (Fsp3) is 0.353. The van der Waals surface area contributed by atoms with Gasteiger partial charge in [0.2, 0.25) is 5.75 Å². The van der Waals surface area contributed by atoms with Crippen LogP contribution in [0.4, 0.5) is 0 Å². The summed E-state index contributed by atoms with van der Waals surface area (Å²) < 4.78 is 20.0. The molecule has 1 atom stereocenters. The van der Waals surface area contributed by atoms with Gasteiger partial charge in [-0.2, -0.15) is 0 Å². The number of carbonyl (C=O) groups excluding carboxylic acids is 4. The second-order valence-electron chi connectivity index (χ2n) is 5.53. The predicted molar refractivity (Wildman–Crippen MR) is 89.0 cm³/mol. The van der Waals surface area contributed by atoms with Gasteiger partial charge >= 0.3 is 17.9 Å². The summed E-state index contributed by atoms with van der Waals surface area (Å²) >= 11 is 0. The lowest BCUT2D eigenvalue weighted by Gasteiger charge is -2.17. The van der Waals surface area contributed by atoms with Gasteiger partial charge in [-0.1, -0.05) is 6.58 Å². The van der Waals surface area contributed by atoms with Crippen molar-refractivity contribution < 1.29 is 38.1 Å². The van der Waals surface area contributed by atoms with E-state index in [1.165, 1.54) is 19.4 Å². The van der Waals surface area contributed by atoms with Gasteiger partial charge in [0.05, 0.1) is 13.5 Å². The van der Waals surface area contributed by atoms with Gasteiger partial charge in [-0.3, -0.25) is 14.4 Å². The smallest absolute Gasteiger partial charge is 0.332 e. The molecule has 1 unspecified atom stereocenters. The number of hydrogen-bond donors (Lipinski definition) is 1. The molecule has 1 aromatic heterocycles. The number of carbonyl (C=O) groups is 4. The zero-order valence-electron chi connectivity index (χ0n) is 14.8. The summed E-state index contributed by atoms with van der Waals surface area (Å²) in [5.74, 6) is -3.04. The Hall–Kier alpha value is -3.43. The van der Waals surface area contributed by atoms with E-state index in [0.717, 1.165) is 6.92 Å². The third kappa shape index (κ3) is 5.27. The lowest BCUT2D eigenvalue weighted by Crippen LogP contribution is -2.45. The number of methoxy groups -OCH3 is 1. The van der Waals surface area contributed by atoms with E-state index in [9.17, 15) is 19.2 Å². The molecule has 1 aliphatic rings. The summed E-state index contributed by atoms with van der Waals surface area (Å²) in [4.78, 5) is 51.5. The van der Waals surface area contributed by atoms with Crippen LogP contribution in [0.3, 0.4) is 0 Å². The first-order valence-electron chi connectivity index (χ1n) is 7.83. The maximum Gasteiger partial charge on any atom is 0.332 e. The Morgan fingerprint density at radius 2 is 2.07 bits per heavy atom. The standard InChI is InChI=1S/C17H18N2O8/c1-9-6-13(21)25-8-11(17(23)26-7-9)19-16(22)14-15(27-10(2)20)12(24-3)4-5-18-14/h4-5,11H,1,6-8H2,2-3H3,(H,19,22). The predicted octanol–water partition coefficient (Wildman–Crippen LogP) is 0.160. The highest BCUT2D eigenvalue weighted by molar-refractivity contribution is 5.98. The molecule has 1 N–H and O–H groups in total. The monoisotopic (exact) mass is 378 g/mol. The molecule has 0 aromatic carbocycles. The molecule has 0 spiro atoms. The van der Waals surface area contributed by atoms with Crippen LogP contribution in [0.15, 0.2) is 24.4 Å². The number of amides is 1. The first-order chi connectivity index (χ1) is 12.8. The molecule has 1 fully saturated rings. The SMILES string of the molecule is C=C1COC(=O)C(NC(=O)c2nccc(OC)c2OC(C)=O)COC(=O)C1. The van der Waals surface area contributed by atoms with Gasteiger partial charge in [-0.05, 0) is 5.57 Å². The van der Waals surface area contributed by atoms with Crippen molar-refractivity contribution in [3.05, 3.63) is 30.1 Å². The minimum Gasteiger partial charge on any atom is -0.493 e. The Balaban J connectivity index is 2.24. The van der Waals surface area contributed by atoms with Crippen molar-refractivity contribution in [1.82, 2.24) is 10.3 Å². The minimum absolute atomic E-state index is 0.0953. The van der Waals surface area contributed by atoms with Crippen LogP contribution < -0.4 is 14.8 Å². The molecular weight excluding hydrogens is 360 g/mol. The van der Waals surface area contributed by atoms with Crippen molar-refractivity contribution in [2.24, 2.45) is 0 Å². The first-order valence-corrected chi connectivity index (χ1v) is 7.83. The number of nitrogens with zero attached hydrogens (tertiary/aromatic N) is 1. The Morgan fingerprint density at radius 1 is 1.33 bits per heavy atom. The van der Waals surface area contributed by atoms with Crippen LogP contribution in [-0.4, -0.2) is 55.2 Å². The zero-order valence-corrected chi connectivity index (χ0v) is 14.8. The molecule has 0 radical (unpaired) electrons. The van der Waals surface area contributed by atoms with Crippen molar-refractivity contribution in [1.29, 1.82) is 0 Å². The van der Waals surface area contributed by atoms with Gasteiger partial charge in [0, 0.05) is 19.2 Å². The average molecular weight is 378 g/mol. The lowest BCUT2D eigenvalue weighted by molar-refractivity contribution is -0.149. The number of cyclic esters (lactones) is 2. The van der Waals surface area contributed by atoms with Crippen LogP contribution in [0.5, 0.6) is 11.5 Å². The topological polar surface area (TPSA) is 130 Å². The van der Waals surface area contributed by atoms with Crippen molar-refractivity contribution in [2.45, 2.75) is 19.4 Å². The van der Waals surface area contributed by atoms with Crippen molar-refractivity contribution in [2.75, 3.05) is 20.3 Å². The van der Waals surface area contributed by atoms with Crippen molar-refractivity contribution >= 4 is 23.8 Å². The fourth-order valence-corrected chi connectivity index (χ4v) is 2.15. The molecule has 1 aromatic rings. The highest BCUT2D eigenvalue weighted by atomic mass is 16.6. The van der Waals surface area contributed by atoms with Gasteiger partial charge in [0.15, 0.2) is 17.5 Å². The second-order valence-corrected chi connectivity index (χ2v) is 5.53. The number of rotatable bonds is 4. The second kappa shape index (κ2) is 8.79. The number of ether oxygens (including phenoxy) is 4. The average Bonchev–Trinajstić information content (AvgIpc) is 2.67. The normalized spacial score (nSPS) is 17.6. The summed E-state index contributed by atoms with van der Waals surface area (Å²) in [6, 6.07) is 0.127. The van der Waals surface area contributed by atoms with Gasteiger partial charge in [0.1, 0.15) is 13.2 Å². The van der Waals surface area contributed by atoms with E-state index in [4.69, 9.17) is 18.9 Å². The van der Waals surface area contributed by atoms with Gasteiger partial charge in [0.25, 0.3) is 5.91 Å².